The van der Waals surface area contributed by atoms with Gasteiger partial charge in [0, 0.05) is 6.08 Å². The molecule has 0 radical (unpaired) electrons. The van der Waals surface area contributed by atoms with Crippen LogP contribution in [0.25, 0.3) is 6.08 Å². The average molecular weight is 667 g/mol. The fourth-order valence-electron chi connectivity index (χ4n) is 5.10. The Morgan fingerprint density at radius 3 is 2.11 bits per heavy atom. The molecule has 0 amide bonds. The molecule has 2 fully saturated rings. The topological polar surface area (TPSA) is 229 Å². The molecule has 4 rings (SSSR count). The second kappa shape index (κ2) is 15.8. The van der Waals surface area contributed by atoms with Gasteiger partial charge in [-0.15, -0.1) is 0 Å². The lowest BCUT2D eigenvalue weighted by atomic mass is 9.98. The SMILES string of the molecule is COc1cc(C=CC(=O)OC2C(O)C(CO)OC2(CO)OC2OC(COC(=O)c3ccccc3)C(O)C(O)C2O)cc(OC)c1OC. The molecule has 0 aliphatic carbocycles. The minimum absolute atomic E-state index is 0.206. The molecule has 0 spiro atoms. The van der Waals surface area contributed by atoms with Crippen LogP contribution in [0.5, 0.6) is 17.2 Å². The Balaban J connectivity index is 1.52. The van der Waals surface area contributed by atoms with Crippen LogP contribution in [0, 0.1) is 0 Å². The lowest BCUT2D eigenvalue weighted by Crippen LogP contribution is -2.63. The molecule has 2 aromatic carbocycles. The molecule has 16 nitrogen and oxygen atoms in total. The van der Waals surface area contributed by atoms with E-state index in [1.54, 1.807) is 30.3 Å². The van der Waals surface area contributed by atoms with Crippen LogP contribution < -0.4 is 14.2 Å². The first kappa shape index (κ1) is 36.0. The normalized spacial score (nSPS) is 30.6. The molecule has 9 unspecified atom stereocenters. The van der Waals surface area contributed by atoms with E-state index < -0.39 is 86.6 Å². The molecule has 2 aliphatic heterocycles. The maximum absolute atomic E-state index is 13.0. The minimum Gasteiger partial charge on any atom is -0.493 e. The van der Waals surface area contributed by atoms with Gasteiger partial charge in [0.1, 0.15) is 49.8 Å². The van der Waals surface area contributed by atoms with Gasteiger partial charge in [-0.1, -0.05) is 18.2 Å². The third kappa shape index (κ3) is 7.83. The zero-order valence-electron chi connectivity index (χ0n) is 25.7. The first-order valence-corrected chi connectivity index (χ1v) is 14.4. The summed E-state index contributed by atoms with van der Waals surface area (Å²) in [6.07, 6.45) is -11.6. The van der Waals surface area contributed by atoms with Crippen LogP contribution in [0.4, 0.5) is 0 Å². The van der Waals surface area contributed by atoms with Crippen molar-refractivity contribution in [3.8, 4) is 17.2 Å². The van der Waals surface area contributed by atoms with Gasteiger partial charge < -0.3 is 68.5 Å². The summed E-state index contributed by atoms with van der Waals surface area (Å²) in [5.74, 6) is -3.30. The number of hydrogen-bond acceptors (Lipinski definition) is 16. The average Bonchev–Trinajstić information content (AvgIpc) is 3.36. The van der Waals surface area contributed by atoms with Crippen molar-refractivity contribution < 1.29 is 78.1 Å². The third-order valence-electron chi connectivity index (χ3n) is 7.59. The van der Waals surface area contributed by atoms with Gasteiger partial charge in [0.25, 0.3) is 0 Å². The van der Waals surface area contributed by atoms with Gasteiger partial charge in [-0.05, 0) is 35.9 Å². The molecule has 16 heteroatoms. The Kier molecular flexibility index (Phi) is 12.1. The first-order chi connectivity index (χ1) is 22.5. The van der Waals surface area contributed by atoms with Crippen molar-refractivity contribution in [2.24, 2.45) is 0 Å². The molecule has 2 aromatic rings. The van der Waals surface area contributed by atoms with E-state index in [4.69, 9.17) is 37.9 Å². The monoisotopic (exact) mass is 666 g/mol. The van der Waals surface area contributed by atoms with Crippen molar-refractivity contribution in [1.82, 2.24) is 0 Å². The van der Waals surface area contributed by atoms with Crippen molar-refractivity contribution in [2.45, 2.75) is 54.8 Å². The fourth-order valence-corrected chi connectivity index (χ4v) is 5.10. The predicted octanol–water partition coefficient (Wildman–Crippen LogP) is -1.24. The molecule has 47 heavy (non-hydrogen) atoms. The standard InChI is InChI=1S/C31H38O16/c1-40-18-11-16(12-19(41-2)27(18)42-3)9-10-22(34)45-28-24(36)20(13-32)46-31(28,15-33)47-30-26(38)25(37)23(35)21(44-30)14-43-29(39)17-7-5-4-6-8-17/h4-12,20-21,23-26,28,30,32-33,35-38H,13-15H2,1-3H3. The predicted molar refractivity (Wildman–Crippen MR) is 157 cm³/mol. The van der Waals surface area contributed by atoms with Gasteiger partial charge in [-0.25, -0.2) is 9.59 Å². The van der Waals surface area contributed by atoms with Crippen molar-refractivity contribution in [2.75, 3.05) is 41.2 Å². The zero-order valence-corrected chi connectivity index (χ0v) is 25.7. The quantitative estimate of drug-likeness (QED) is 0.108. The summed E-state index contributed by atoms with van der Waals surface area (Å²) in [5.41, 5.74) is 0.639. The van der Waals surface area contributed by atoms with Crippen LogP contribution in [0.1, 0.15) is 15.9 Å². The number of aliphatic hydroxyl groups excluding tert-OH is 6. The summed E-state index contributed by atoms with van der Waals surface area (Å²) in [6, 6.07) is 11.0. The summed E-state index contributed by atoms with van der Waals surface area (Å²) in [5, 5.41) is 62.8. The van der Waals surface area contributed by atoms with E-state index >= 15 is 0 Å². The van der Waals surface area contributed by atoms with Gasteiger partial charge in [-0.2, -0.15) is 0 Å². The molecule has 2 heterocycles. The molecule has 258 valence electrons. The van der Waals surface area contributed by atoms with Crippen molar-refractivity contribution in [1.29, 1.82) is 0 Å². The molecule has 2 aliphatic rings. The lowest BCUT2D eigenvalue weighted by Gasteiger charge is -2.43. The van der Waals surface area contributed by atoms with Crippen molar-refractivity contribution >= 4 is 18.0 Å². The number of benzene rings is 2. The Labute approximate surface area is 269 Å². The van der Waals surface area contributed by atoms with E-state index in [9.17, 15) is 40.2 Å². The van der Waals surface area contributed by atoms with Gasteiger partial charge in [-0.3, -0.25) is 0 Å². The molecular formula is C31H38O16. The summed E-state index contributed by atoms with van der Waals surface area (Å²) in [7, 11) is 4.26. The van der Waals surface area contributed by atoms with Gasteiger partial charge in [0.15, 0.2) is 23.9 Å². The van der Waals surface area contributed by atoms with E-state index in [2.05, 4.69) is 0 Å². The number of hydrogen-bond donors (Lipinski definition) is 6. The largest absolute Gasteiger partial charge is 0.493 e. The van der Waals surface area contributed by atoms with E-state index in [1.165, 1.54) is 39.5 Å². The van der Waals surface area contributed by atoms with Crippen LogP contribution in [0.15, 0.2) is 48.5 Å². The summed E-state index contributed by atoms with van der Waals surface area (Å²) >= 11 is 0. The summed E-state index contributed by atoms with van der Waals surface area (Å²) < 4.78 is 43.4. The second-order valence-corrected chi connectivity index (χ2v) is 10.5. The van der Waals surface area contributed by atoms with Crippen LogP contribution in [-0.2, 0) is 28.5 Å². The zero-order chi connectivity index (χ0) is 34.3. The number of carbonyl (C=O) groups is 2. The summed E-state index contributed by atoms with van der Waals surface area (Å²) in [4.78, 5) is 25.4. The maximum atomic E-state index is 13.0. The molecule has 6 N–H and O–H groups in total. The molecule has 0 bridgehead atoms. The number of methoxy groups -OCH3 is 3. The number of esters is 2. The Morgan fingerprint density at radius 1 is 0.872 bits per heavy atom. The van der Waals surface area contributed by atoms with E-state index in [0.29, 0.717) is 22.8 Å². The number of carbonyl (C=O) groups excluding carboxylic acids is 2. The highest BCUT2D eigenvalue weighted by Crippen LogP contribution is 2.40. The van der Waals surface area contributed by atoms with Crippen LogP contribution in [0.3, 0.4) is 0 Å². The molecular weight excluding hydrogens is 628 g/mol. The number of rotatable bonds is 13. The highest BCUT2D eigenvalue weighted by atomic mass is 16.8. The fraction of sp³-hybridized carbons (Fsp3) is 0.484. The van der Waals surface area contributed by atoms with Crippen LogP contribution >= 0.6 is 0 Å². The Hall–Kier alpha value is -3.84. The number of aliphatic hydroxyl groups is 6. The third-order valence-corrected chi connectivity index (χ3v) is 7.59. The van der Waals surface area contributed by atoms with Gasteiger partial charge >= 0.3 is 11.9 Å². The van der Waals surface area contributed by atoms with Gasteiger partial charge in [0.2, 0.25) is 11.5 Å². The highest BCUT2D eigenvalue weighted by Gasteiger charge is 2.60. The van der Waals surface area contributed by atoms with E-state index in [0.717, 1.165) is 6.08 Å². The molecule has 2 saturated heterocycles. The number of ether oxygens (including phenoxy) is 8. The van der Waals surface area contributed by atoms with E-state index in [-0.39, 0.29) is 5.56 Å². The van der Waals surface area contributed by atoms with Crippen LogP contribution in [-0.4, -0.2) is 139 Å². The Morgan fingerprint density at radius 2 is 1.53 bits per heavy atom. The van der Waals surface area contributed by atoms with E-state index in [1.807, 2.05) is 0 Å². The van der Waals surface area contributed by atoms with Crippen molar-refractivity contribution in [3.05, 3.63) is 59.7 Å². The molecule has 9 atom stereocenters. The first-order valence-electron chi connectivity index (χ1n) is 14.4. The lowest BCUT2D eigenvalue weighted by molar-refractivity contribution is -0.383. The summed E-state index contributed by atoms with van der Waals surface area (Å²) in [6.45, 7) is -2.49. The smallest absolute Gasteiger partial charge is 0.338 e. The minimum atomic E-state index is -2.44. The Bertz CT molecular complexity index is 1360. The molecule has 0 saturated carbocycles. The second-order valence-electron chi connectivity index (χ2n) is 10.5. The van der Waals surface area contributed by atoms with Gasteiger partial charge in [0.05, 0.1) is 33.5 Å². The molecule has 0 aromatic heterocycles. The van der Waals surface area contributed by atoms with Crippen LogP contribution in [0.2, 0.25) is 0 Å². The van der Waals surface area contributed by atoms with Crippen molar-refractivity contribution in [3.63, 3.8) is 0 Å². The highest BCUT2D eigenvalue weighted by molar-refractivity contribution is 5.89. The maximum Gasteiger partial charge on any atom is 0.338 e.